The Bertz CT molecular complexity index is 531. The Hall–Kier alpha value is 1.68. The smallest absolute Gasteiger partial charge is 0.756 e. The van der Waals surface area contributed by atoms with Gasteiger partial charge >= 0.3 is 40.8 Å². The third kappa shape index (κ3) is 41.8. The molecular formula is C24H54NdO12P3. The van der Waals surface area contributed by atoms with Crippen molar-refractivity contribution in [1.29, 1.82) is 0 Å². The Kier molecular flexibility index (Phi) is 40.8. The van der Waals surface area contributed by atoms with Crippen molar-refractivity contribution >= 4 is 23.5 Å². The van der Waals surface area contributed by atoms with Gasteiger partial charge < -0.3 is 41.8 Å². The molecule has 1 radical (unpaired) electrons. The van der Waals surface area contributed by atoms with Crippen molar-refractivity contribution in [2.45, 2.75) is 119 Å². The first-order valence-corrected chi connectivity index (χ1v) is 18.5. The third-order valence-corrected chi connectivity index (χ3v) is 7.48. The maximum atomic E-state index is 11.0. The molecule has 0 spiro atoms. The molecule has 0 aliphatic carbocycles. The summed E-state index contributed by atoms with van der Waals surface area (Å²) in [5.74, 6) is 0. The summed E-state index contributed by atoms with van der Waals surface area (Å²) in [6, 6.07) is 0. The van der Waals surface area contributed by atoms with E-state index >= 15 is 0 Å². The summed E-state index contributed by atoms with van der Waals surface area (Å²) in [6.07, 6.45) is 9.91. The van der Waals surface area contributed by atoms with E-state index in [1.165, 1.54) is 0 Å². The molecule has 0 rings (SSSR count). The summed E-state index contributed by atoms with van der Waals surface area (Å²) in [5.41, 5.74) is 0. The molecule has 0 amide bonds. The minimum Gasteiger partial charge on any atom is -0.756 e. The van der Waals surface area contributed by atoms with E-state index in [9.17, 15) is 28.4 Å². The van der Waals surface area contributed by atoms with Crippen LogP contribution in [0.2, 0.25) is 0 Å². The summed E-state index contributed by atoms with van der Waals surface area (Å²) in [4.78, 5) is 32.9. The number of hydrogen-bond donors (Lipinski definition) is 0. The fourth-order valence-corrected chi connectivity index (χ4v) is 4.38. The van der Waals surface area contributed by atoms with E-state index in [-0.39, 0.29) is 80.5 Å². The van der Waals surface area contributed by atoms with Gasteiger partial charge in [0.1, 0.15) is 0 Å². The van der Waals surface area contributed by atoms with Crippen LogP contribution in [-0.4, -0.2) is 39.6 Å². The largest absolute Gasteiger partial charge is 3.00 e. The second kappa shape index (κ2) is 33.6. The minimum absolute atomic E-state index is 0. The van der Waals surface area contributed by atoms with Gasteiger partial charge in [0.25, 0.3) is 23.5 Å². The van der Waals surface area contributed by atoms with E-state index in [4.69, 9.17) is 0 Å². The predicted octanol–water partition coefficient (Wildman–Crippen LogP) is 6.26. The van der Waals surface area contributed by atoms with E-state index in [0.717, 1.165) is 77.0 Å². The maximum Gasteiger partial charge on any atom is 3.00 e. The minimum atomic E-state index is -4.00. The Morgan fingerprint density at radius 1 is 0.375 bits per heavy atom. The van der Waals surface area contributed by atoms with E-state index in [0.29, 0.717) is 0 Å². The molecule has 0 aliphatic heterocycles. The average molecular weight is 772 g/mol. The molecule has 0 unspecified atom stereocenters. The van der Waals surface area contributed by atoms with Gasteiger partial charge in [0, 0.05) is 0 Å². The molecule has 12 nitrogen and oxygen atoms in total. The standard InChI is InChI=1S/3C8H19O4P.Nd/c3*1-3-5-7-11-13(9,10)12-8-6-4-2;/h3*3-8H2,1-2H3,(H,9,10);/q;;;+3/p-3. The molecule has 16 heteroatoms. The van der Waals surface area contributed by atoms with Gasteiger partial charge in [-0.2, -0.15) is 0 Å². The number of phosphoric acid groups is 3. The van der Waals surface area contributed by atoms with E-state index in [1.54, 1.807) is 0 Å². The third-order valence-electron chi connectivity index (χ3n) is 4.48. The summed E-state index contributed by atoms with van der Waals surface area (Å²) < 4.78 is 60.5. The van der Waals surface area contributed by atoms with Crippen molar-refractivity contribution in [2.75, 3.05) is 39.6 Å². The molecule has 0 heterocycles. The van der Waals surface area contributed by atoms with Crippen LogP contribution in [0, 0.1) is 40.8 Å². The normalized spacial score (nSPS) is 11.6. The number of phosphoric ester groups is 3. The van der Waals surface area contributed by atoms with Gasteiger partial charge in [0.2, 0.25) is 0 Å². The molecule has 0 atom stereocenters. The van der Waals surface area contributed by atoms with Gasteiger partial charge in [-0.15, -0.1) is 0 Å². The molecule has 241 valence electrons. The summed E-state index contributed by atoms with van der Waals surface area (Å²) in [6.45, 7) is 13.2. The van der Waals surface area contributed by atoms with Crippen molar-refractivity contribution in [3.8, 4) is 0 Å². The van der Waals surface area contributed by atoms with Gasteiger partial charge in [-0.3, -0.25) is 13.7 Å². The van der Waals surface area contributed by atoms with Crippen LogP contribution in [0.4, 0.5) is 0 Å². The summed E-state index contributed by atoms with van der Waals surface area (Å²) in [7, 11) is -12.0. The van der Waals surface area contributed by atoms with Crippen LogP contribution >= 0.6 is 23.5 Å². The Morgan fingerprint density at radius 3 is 0.600 bits per heavy atom. The summed E-state index contributed by atoms with van der Waals surface area (Å²) >= 11 is 0. The summed E-state index contributed by atoms with van der Waals surface area (Å²) in [5, 5.41) is 0. The van der Waals surface area contributed by atoms with Crippen LogP contribution < -0.4 is 14.7 Å². The molecule has 0 aromatic rings. The second-order valence-electron chi connectivity index (χ2n) is 8.46. The fraction of sp³-hybridized carbons (Fsp3) is 1.00. The Balaban J connectivity index is -0.000000240. The van der Waals surface area contributed by atoms with Crippen LogP contribution in [-0.2, 0) is 40.8 Å². The second-order valence-corrected chi connectivity index (χ2v) is 12.7. The van der Waals surface area contributed by atoms with E-state index in [1.807, 2.05) is 41.5 Å². The van der Waals surface area contributed by atoms with Crippen molar-refractivity contribution in [3.05, 3.63) is 0 Å². The molecule has 0 bridgehead atoms. The number of rotatable bonds is 24. The molecule has 0 aromatic carbocycles. The zero-order valence-corrected chi connectivity index (χ0v) is 31.4. The van der Waals surface area contributed by atoms with Gasteiger partial charge in [-0.05, 0) is 38.5 Å². The van der Waals surface area contributed by atoms with E-state index < -0.39 is 23.5 Å². The Labute approximate surface area is 276 Å². The molecule has 0 aliphatic rings. The monoisotopic (exact) mass is 769 g/mol. The van der Waals surface area contributed by atoms with Crippen LogP contribution in [0.1, 0.15) is 119 Å². The van der Waals surface area contributed by atoms with Crippen molar-refractivity contribution in [2.24, 2.45) is 0 Å². The topological polar surface area (TPSA) is 176 Å². The first-order valence-electron chi connectivity index (χ1n) is 14.2. The maximum absolute atomic E-state index is 11.0. The molecule has 0 saturated carbocycles. The zero-order chi connectivity index (χ0) is 30.5. The molecular weight excluding hydrogens is 717 g/mol. The fourth-order valence-electron chi connectivity index (χ4n) is 2.04. The predicted molar refractivity (Wildman–Crippen MR) is 148 cm³/mol. The molecule has 0 N–H and O–H groups in total. The molecule has 0 fully saturated rings. The molecule has 0 saturated heterocycles. The average Bonchev–Trinajstić information content (AvgIpc) is 2.85. The van der Waals surface area contributed by atoms with Crippen LogP contribution in [0.25, 0.3) is 0 Å². The Morgan fingerprint density at radius 2 is 0.500 bits per heavy atom. The molecule has 40 heavy (non-hydrogen) atoms. The van der Waals surface area contributed by atoms with Gasteiger partial charge in [0.05, 0.1) is 39.6 Å². The van der Waals surface area contributed by atoms with Crippen LogP contribution in [0.3, 0.4) is 0 Å². The van der Waals surface area contributed by atoms with Crippen molar-refractivity contribution in [1.82, 2.24) is 0 Å². The first-order chi connectivity index (χ1) is 18.4. The number of hydrogen-bond acceptors (Lipinski definition) is 12. The van der Waals surface area contributed by atoms with Crippen molar-refractivity contribution in [3.63, 3.8) is 0 Å². The van der Waals surface area contributed by atoms with Crippen LogP contribution in [0.15, 0.2) is 0 Å². The van der Waals surface area contributed by atoms with Gasteiger partial charge in [-0.25, -0.2) is 0 Å². The van der Waals surface area contributed by atoms with Crippen molar-refractivity contribution < 1.29 is 96.4 Å². The van der Waals surface area contributed by atoms with Crippen LogP contribution in [0.5, 0.6) is 0 Å². The quantitative estimate of drug-likeness (QED) is 0.0796. The van der Waals surface area contributed by atoms with E-state index in [2.05, 4.69) is 27.1 Å². The number of unbranched alkanes of at least 4 members (excludes halogenated alkanes) is 6. The van der Waals surface area contributed by atoms with Gasteiger partial charge in [-0.1, -0.05) is 80.1 Å². The van der Waals surface area contributed by atoms with Gasteiger partial charge in [0.15, 0.2) is 0 Å². The SMILES string of the molecule is CCCCOP(=O)([O-])OCCCC.CCCCOP(=O)([O-])OCCCC.CCCCOP(=O)([O-])OCCCC.[Nd+3]. The molecule has 0 aromatic heterocycles. The first kappa shape index (κ1) is 48.6. The zero-order valence-electron chi connectivity index (χ0n) is 25.5.